The molecule has 0 bridgehead atoms. The summed E-state index contributed by atoms with van der Waals surface area (Å²) in [6.45, 7) is 4.83. The molecule has 1 saturated heterocycles. The van der Waals surface area contributed by atoms with Crippen molar-refractivity contribution in [2.45, 2.75) is 19.8 Å². The van der Waals surface area contributed by atoms with Gasteiger partial charge in [0.25, 0.3) is 5.91 Å². The van der Waals surface area contributed by atoms with Crippen LogP contribution in [-0.4, -0.2) is 44.2 Å². The molecule has 1 aromatic rings. The minimum atomic E-state index is 0.0515. The Bertz CT molecular complexity index is 484. The molecule has 116 valence electrons. The summed E-state index contributed by atoms with van der Waals surface area (Å²) in [7, 11) is 1.63. The van der Waals surface area contributed by atoms with Gasteiger partial charge in [0.15, 0.2) is 0 Å². The smallest absolute Gasteiger partial charge is 0.257 e. The van der Waals surface area contributed by atoms with E-state index in [1.165, 1.54) is 0 Å². The third-order valence-electron chi connectivity index (χ3n) is 3.79. The lowest BCUT2D eigenvalue weighted by Crippen LogP contribution is -2.38. The molecular formula is C16H22BrNO3. The van der Waals surface area contributed by atoms with Crippen molar-refractivity contribution >= 4 is 21.8 Å². The molecule has 0 spiro atoms. The van der Waals surface area contributed by atoms with Gasteiger partial charge in [0.1, 0.15) is 12.4 Å². The standard InChI is InChI=1S/C16H22BrNO3/c1-12-5-7-18(8-6-12)16(19)14-11-13(17)3-4-15(14)21-10-9-20-2/h3-4,11-12H,5-10H2,1-2H3. The molecular weight excluding hydrogens is 334 g/mol. The molecule has 1 fully saturated rings. The number of rotatable bonds is 5. The van der Waals surface area contributed by atoms with Gasteiger partial charge in [0.2, 0.25) is 0 Å². The number of ether oxygens (including phenoxy) is 2. The second kappa shape index (κ2) is 7.80. The van der Waals surface area contributed by atoms with Crippen molar-refractivity contribution in [2.24, 2.45) is 5.92 Å². The Morgan fingerprint density at radius 3 is 2.71 bits per heavy atom. The summed E-state index contributed by atoms with van der Waals surface area (Å²) in [6.07, 6.45) is 2.14. The number of benzene rings is 1. The number of nitrogens with zero attached hydrogens (tertiary/aromatic N) is 1. The minimum absolute atomic E-state index is 0.0515. The van der Waals surface area contributed by atoms with E-state index in [9.17, 15) is 4.79 Å². The number of hydrogen-bond acceptors (Lipinski definition) is 3. The zero-order valence-electron chi connectivity index (χ0n) is 12.6. The molecule has 21 heavy (non-hydrogen) atoms. The number of carbonyl (C=O) groups is 1. The predicted octanol–water partition coefficient (Wildman–Crippen LogP) is 3.35. The number of methoxy groups -OCH3 is 1. The molecule has 0 aliphatic carbocycles. The number of likely N-dealkylation sites (tertiary alicyclic amines) is 1. The summed E-state index contributed by atoms with van der Waals surface area (Å²) in [5.74, 6) is 1.38. The van der Waals surface area contributed by atoms with Crippen molar-refractivity contribution in [3.63, 3.8) is 0 Å². The topological polar surface area (TPSA) is 38.8 Å². The van der Waals surface area contributed by atoms with Crippen molar-refractivity contribution in [3.8, 4) is 5.75 Å². The third-order valence-corrected chi connectivity index (χ3v) is 4.28. The van der Waals surface area contributed by atoms with Gasteiger partial charge < -0.3 is 14.4 Å². The van der Waals surface area contributed by atoms with Crippen LogP contribution in [0.2, 0.25) is 0 Å². The fraction of sp³-hybridized carbons (Fsp3) is 0.562. The quantitative estimate of drug-likeness (QED) is 0.760. The Balaban J connectivity index is 2.12. The minimum Gasteiger partial charge on any atom is -0.490 e. The molecule has 0 atom stereocenters. The molecule has 0 saturated carbocycles. The molecule has 0 radical (unpaired) electrons. The van der Waals surface area contributed by atoms with Crippen LogP contribution in [0.3, 0.4) is 0 Å². The van der Waals surface area contributed by atoms with Crippen molar-refractivity contribution in [2.75, 3.05) is 33.4 Å². The molecule has 1 aromatic carbocycles. The molecule has 0 aromatic heterocycles. The van der Waals surface area contributed by atoms with E-state index in [2.05, 4.69) is 22.9 Å². The Labute approximate surface area is 134 Å². The van der Waals surface area contributed by atoms with E-state index < -0.39 is 0 Å². The Hall–Kier alpha value is -1.07. The van der Waals surface area contributed by atoms with Crippen LogP contribution in [0.25, 0.3) is 0 Å². The zero-order chi connectivity index (χ0) is 15.2. The van der Waals surface area contributed by atoms with Crippen LogP contribution < -0.4 is 4.74 Å². The zero-order valence-corrected chi connectivity index (χ0v) is 14.2. The Morgan fingerprint density at radius 2 is 2.05 bits per heavy atom. The summed E-state index contributed by atoms with van der Waals surface area (Å²) in [5, 5.41) is 0. The molecule has 1 heterocycles. The Morgan fingerprint density at radius 1 is 1.33 bits per heavy atom. The summed E-state index contributed by atoms with van der Waals surface area (Å²) in [6, 6.07) is 5.55. The predicted molar refractivity (Wildman–Crippen MR) is 85.8 cm³/mol. The van der Waals surface area contributed by atoms with E-state index in [1.54, 1.807) is 7.11 Å². The third kappa shape index (κ3) is 4.45. The summed E-state index contributed by atoms with van der Waals surface area (Å²) in [4.78, 5) is 14.6. The highest BCUT2D eigenvalue weighted by atomic mass is 79.9. The summed E-state index contributed by atoms with van der Waals surface area (Å²) in [5.41, 5.74) is 0.620. The van der Waals surface area contributed by atoms with E-state index >= 15 is 0 Å². The lowest BCUT2D eigenvalue weighted by molar-refractivity contribution is 0.0690. The second-order valence-electron chi connectivity index (χ2n) is 5.46. The van der Waals surface area contributed by atoms with Crippen LogP contribution >= 0.6 is 15.9 Å². The molecule has 0 N–H and O–H groups in total. The first-order valence-corrected chi connectivity index (χ1v) is 8.11. The number of halogens is 1. The number of hydrogen-bond donors (Lipinski definition) is 0. The summed E-state index contributed by atoms with van der Waals surface area (Å²) >= 11 is 3.43. The summed E-state index contributed by atoms with van der Waals surface area (Å²) < 4.78 is 11.5. The van der Waals surface area contributed by atoms with E-state index in [1.807, 2.05) is 23.1 Å². The van der Waals surface area contributed by atoms with Gasteiger partial charge in [-0.05, 0) is 37.0 Å². The van der Waals surface area contributed by atoms with Crippen LogP contribution in [0, 0.1) is 5.92 Å². The van der Waals surface area contributed by atoms with E-state index in [-0.39, 0.29) is 5.91 Å². The lowest BCUT2D eigenvalue weighted by Gasteiger charge is -2.30. The van der Waals surface area contributed by atoms with Gasteiger partial charge in [-0.1, -0.05) is 22.9 Å². The maximum absolute atomic E-state index is 12.7. The molecule has 1 aliphatic heterocycles. The van der Waals surface area contributed by atoms with Gasteiger partial charge in [-0.25, -0.2) is 0 Å². The molecule has 1 amide bonds. The van der Waals surface area contributed by atoms with Crippen molar-refractivity contribution in [1.29, 1.82) is 0 Å². The normalized spacial score (nSPS) is 16.0. The molecule has 0 unspecified atom stereocenters. The van der Waals surface area contributed by atoms with Gasteiger partial charge in [-0.15, -0.1) is 0 Å². The average molecular weight is 356 g/mol. The number of amides is 1. The van der Waals surface area contributed by atoms with Gasteiger partial charge in [-0.2, -0.15) is 0 Å². The second-order valence-corrected chi connectivity index (χ2v) is 6.37. The van der Waals surface area contributed by atoms with Gasteiger partial charge in [0, 0.05) is 24.7 Å². The average Bonchev–Trinajstić information content (AvgIpc) is 2.49. The fourth-order valence-electron chi connectivity index (χ4n) is 2.41. The van der Waals surface area contributed by atoms with E-state index in [4.69, 9.17) is 9.47 Å². The van der Waals surface area contributed by atoms with Gasteiger partial charge in [-0.3, -0.25) is 4.79 Å². The SMILES string of the molecule is COCCOc1ccc(Br)cc1C(=O)N1CCC(C)CC1. The van der Waals surface area contributed by atoms with Crippen LogP contribution in [0.15, 0.2) is 22.7 Å². The monoisotopic (exact) mass is 355 g/mol. The van der Waals surface area contributed by atoms with Crippen molar-refractivity contribution < 1.29 is 14.3 Å². The van der Waals surface area contributed by atoms with E-state index in [0.717, 1.165) is 30.4 Å². The van der Waals surface area contributed by atoms with Crippen molar-refractivity contribution in [3.05, 3.63) is 28.2 Å². The molecule has 2 rings (SSSR count). The lowest BCUT2D eigenvalue weighted by atomic mass is 9.98. The van der Waals surface area contributed by atoms with Gasteiger partial charge in [0.05, 0.1) is 12.2 Å². The first-order chi connectivity index (χ1) is 10.1. The maximum Gasteiger partial charge on any atom is 0.257 e. The fourth-order valence-corrected chi connectivity index (χ4v) is 2.77. The van der Waals surface area contributed by atoms with Crippen LogP contribution in [0.1, 0.15) is 30.1 Å². The number of piperidine rings is 1. The highest BCUT2D eigenvalue weighted by Crippen LogP contribution is 2.26. The highest BCUT2D eigenvalue weighted by Gasteiger charge is 2.24. The largest absolute Gasteiger partial charge is 0.490 e. The van der Waals surface area contributed by atoms with Crippen LogP contribution in [-0.2, 0) is 4.74 Å². The molecule has 4 nitrogen and oxygen atoms in total. The first kappa shape index (κ1) is 16.3. The van der Waals surface area contributed by atoms with Crippen molar-refractivity contribution in [1.82, 2.24) is 4.90 Å². The molecule has 1 aliphatic rings. The van der Waals surface area contributed by atoms with Gasteiger partial charge >= 0.3 is 0 Å². The van der Waals surface area contributed by atoms with Crippen LogP contribution in [0.5, 0.6) is 5.75 Å². The van der Waals surface area contributed by atoms with Crippen LogP contribution in [0.4, 0.5) is 0 Å². The Kier molecular flexibility index (Phi) is 6.06. The first-order valence-electron chi connectivity index (χ1n) is 7.32. The number of carbonyl (C=O) groups excluding carboxylic acids is 1. The highest BCUT2D eigenvalue weighted by molar-refractivity contribution is 9.10. The molecule has 5 heteroatoms. The van der Waals surface area contributed by atoms with E-state index in [0.29, 0.717) is 30.4 Å². The maximum atomic E-state index is 12.7.